The van der Waals surface area contributed by atoms with Crippen LogP contribution in [0.25, 0.3) is 0 Å². The Labute approximate surface area is 53.2 Å². The Morgan fingerprint density at radius 3 is 3.11 bits per heavy atom. The van der Waals surface area contributed by atoms with Crippen molar-refractivity contribution in [2.75, 3.05) is 0 Å². The molecule has 48 valence electrons. The van der Waals surface area contributed by atoms with Gasteiger partial charge >= 0.3 is 0 Å². The number of amides is 1. The number of carbonyl (C=O) groups is 1. The first-order chi connectivity index (χ1) is 4.31. The number of rotatable bonds is 2. The molecule has 4 nitrogen and oxygen atoms in total. The van der Waals surface area contributed by atoms with E-state index in [2.05, 4.69) is 10.5 Å². The van der Waals surface area contributed by atoms with E-state index in [1.54, 1.807) is 13.0 Å². The summed E-state index contributed by atoms with van der Waals surface area (Å²) in [6.45, 7) is 1.71. The molecule has 0 saturated heterocycles. The molecule has 1 N–H and O–H groups in total. The van der Waals surface area contributed by atoms with Crippen LogP contribution in [-0.4, -0.2) is 12.1 Å². The summed E-state index contributed by atoms with van der Waals surface area (Å²) in [6.07, 6.45) is 1.34. The third-order valence-electron chi connectivity index (χ3n) is 0.633. The minimum Gasteiger partial charge on any atom is -0.273 e. The summed E-state index contributed by atoms with van der Waals surface area (Å²) in [5.74, 6) is -0.193. The highest BCUT2D eigenvalue weighted by atomic mass is 16.2. The molecule has 0 unspecified atom stereocenters. The number of hydrazone groups is 1. The van der Waals surface area contributed by atoms with Crippen LogP contribution in [0.2, 0.25) is 0 Å². The van der Waals surface area contributed by atoms with E-state index in [-0.39, 0.29) is 5.91 Å². The average Bonchev–Trinajstić information content (AvgIpc) is 1.89. The van der Waals surface area contributed by atoms with Crippen LogP contribution >= 0.6 is 0 Å². The predicted molar refractivity (Wildman–Crippen MR) is 32.5 cm³/mol. The number of carbonyl (C=O) groups excluding carboxylic acids is 1. The van der Waals surface area contributed by atoms with Gasteiger partial charge in [-0.05, 0) is 0 Å². The van der Waals surface area contributed by atoms with Crippen molar-refractivity contribution in [3.8, 4) is 6.07 Å². The van der Waals surface area contributed by atoms with Crippen LogP contribution in [0.5, 0.6) is 0 Å². The lowest BCUT2D eigenvalue weighted by molar-refractivity contribution is -0.120. The van der Waals surface area contributed by atoms with Crippen molar-refractivity contribution in [3.05, 3.63) is 0 Å². The van der Waals surface area contributed by atoms with E-state index < -0.39 is 0 Å². The Bertz CT molecular complexity index is 156. The maximum Gasteiger partial charge on any atom is 0.239 e. The molecule has 0 fully saturated rings. The van der Waals surface area contributed by atoms with Crippen molar-refractivity contribution in [1.82, 2.24) is 5.43 Å². The summed E-state index contributed by atoms with van der Waals surface area (Å²) in [7, 11) is 0. The standard InChI is InChI=1S/C5H7N3O/c1-2-5(9)8-7-4-3-6/h4H,2H2,1H3,(H,8,9)/b7-4+. The second-order valence-corrected chi connectivity index (χ2v) is 1.28. The molecule has 0 atom stereocenters. The second kappa shape index (κ2) is 4.78. The number of nitrogens with zero attached hydrogens (tertiary/aromatic N) is 2. The van der Waals surface area contributed by atoms with Gasteiger partial charge in [0.25, 0.3) is 0 Å². The molecular weight excluding hydrogens is 118 g/mol. The molecule has 0 aromatic heterocycles. The zero-order valence-electron chi connectivity index (χ0n) is 5.09. The molecule has 0 rings (SSSR count). The van der Waals surface area contributed by atoms with E-state index in [0.29, 0.717) is 6.42 Å². The van der Waals surface area contributed by atoms with E-state index in [9.17, 15) is 4.79 Å². The van der Waals surface area contributed by atoms with E-state index in [1.165, 1.54) is 0 Å². The Kier molecular flexibility index (Phi) is 4.05. The van der Waals surface area contributed by atoms with Gasteiger partial charge in [0.1, 0.15) is 12.3 Å². The molecule has 0 aliphatic carbocycles. The van der Waals surface area contributed by atoms with Gasteiger partial charge in [0.15, 0.2) is 0 Å². The molecule has 0 aliphatic rings. The largest absolute Gasteiger partial charge is 0.273 e. The molecule has 0 saturated carbocycles. The summed E-state index contributed by atoms with van der Waals surface area (Å²) < 4.78 is 0. The topological polar surface area (TPSA) is 65.2 Å². The molecule has 0 spiro atoms. The predicted octanol–water partition coefficient (Wildman–Crippen LogP) is 0.0220. The van der Waals surface area contributed by atoms with Gasteiger partial charge in [-0.25, -0.2) is 5.43 Å². The Hall–Kier alpha value is -1.37. The van der Waals surface area contributed by atoms with Crippen LogP contribution < -0.4 is 5.43 Å². The van der Waals surface area contributed by atoms with Gasteiger partial charge in [-0.1, -0.05) is 6.92 Å². The summed E-state index contributed by atoms with van der Waals surface area (Å²) in [4.78, 5) is 10.4. The fourth-order valence-electron chi connectivity index (χ4n) is 0.212. The molecule has 0 aromatic carbocycles. The molecule has 4 heteroatoms. The lowest BCUT2D eigenvalue weighted by Crippen LogP contribution is -2.15. The van der Waals surface area contributed by atoms with Gasteiger partial charge in [-0.15, -0.1) is 0 Å². The number of hydrogen-bond acceptors (Lipinski definition) is 3. The van der Waals surface area contributed by atoms with Gasteiger partial charge in [0.05, 0.1) is 0 Å². The first-order valence-corrected chi connectivity index (χ1v) is 2.51. The average molecular weight is 125 g/mol. The Morgan fingerprint density at radius 2 is 2.67 bits per heavy atom. The van der Waals surface area contributed by atoms with Gasteiger partial charge < -0.3 is 0 Å². The highest BCUT2D eigenvalue weighted by molar-refractivity contribution is 5.79. The van der Waals surface area contributed by atoms with E-state index in [4.69, 9.17) is 5.26 Å². The first kappa shape index (κ1) is 7.63. The zero-order valence-corrected chi connectivity index (χ0v) is 5.09. The molecule has 1 amide bonds. The summed E-state index contributed by atoms with van der Waals surface area (Å²) in [5, 5.41) is 11.2. The molecule has 0 heterocycles. The number of nitrogens with one attached hydrogen (secondary N) is 1. The minimum atomic E-state index is -0.193. The maximum atomic E-state index is 10.4. The molecule has 0 bridgehead atoms. The quantitative estimate of drug-likeness (QED) is 0.417. The van der Waals surface area contributed by atoms with E-state index in [0.717, 1.165) is 6.21 Å². The van der Waals surface area contributed by atoms with Gasteiger partial charge in [-0.3, -0.25) is 4.79 Å². The number of hydrogen-bond donors (Lipinski definition) is 1. The Morgan fingerprint density at radius 1 is 2.00 bits per heavy atom. The van der Waals surface area contributed by atoms with Crippen LogP contribution in [-0.2, 0) is 4.79 Å². The van der Waals surface area contributed by atoms with Crippen molar-refractivity contribution in [2.45, 2.75) is 13.3 Å². The van der Waals surface area contributed by atoms with Crippen molar-refractivity contribution in [1.29, 1.82) is 5.26 Å². The number of nitriles is 1. The fourth-order valence-corrected chi connectivity index (χ4v) is 0.212. The molecule has 0 radical (unpaired) electrons. The van der Waals surface area contributed by atoms with Crippen LogP contribution in [0.15, 0.2) is 5.10 Å². The zero-order chi connectivity index (χ0) is 7.11. The van der Waals surface area contributed by atoms with Gasteiger partial charge in [0.2, 0.25) is 5.91 Å². The Balaban J connectivity index is 3.41. The summed E-state index contributed by atoms with van der Waals surface area (Å²) >= 11 is 0. The van der Waals surface area contributed by atoms with E-state index in [1.807, 2.05) is 0 Å². The minimum absolute atomic E-state index is 0.193. The van der Waals surface area contributed by atoms with E-state index >= 15 is 0 Å². The lowest BCUT2D eigenvalue weighted by atomic mass is 10.5. The molecule has 0 aromatic rings. The van der Waals surface area contributed by atoms with Crippen molar-refractivity contribution in [3.63, 3.8) is 0 Å². The van der Waals surface area contributed by atoms with Gasteiger partial charge in [0, 0.05) is 6.42 Å². The third-order valence-corrected chi connectivity index (χ3v) is 0.633. The summed E-state index contributed by atoms with van der Waals surface area (Å²) in [5.41, 5.74) is 2.14. The SMILES string of the molecule is CCC(=O)N/N=C/C#N. The fraction of sp³-hybridized carbons (Fsp3) is 0.400. The highest BCUT2D eigenvalue weighted by Crippen LogP contribution is 1.71. The lowest BCUT2D eigenvalue weighted by Gasteiger charge is -1.89. The van der Waals surface area contributed by atoms with Crippen LogP contribution in [0.3, 0.4) is 0 Å². The third kappa shape index (κ3) is 4.48. The maximum absolute atomic E-state index is 10.4. The molecule has 9 heavy (non-hydrogen) atoms. The van der Waals surface area contributed by atoms with Crippen molar-refractivity contribution < 1.29 is 4.79 Å². The second-order valence-electron chi connectivity index (χ2n) is 1.28. The van der Waals surface area contributed by atoms with Crippen LogP contribution in [0.1, 0.15) is 13.3 Å². The highest BCUT2D eigenvalue weighted by Gasteiger charge is 1.88. The molecular formula is C5H7N3O. The van der Waals surface area contributed by atoms with Crippen molar-refractivity contribution in [2.24, 2.45) is 5.10 Å². The molecule has 0 aliphatic heterocycles. The normalized spacial score (nSPS) is 8.89. The van der Waals surface area contributed by atoms with Crippen LogP contribution in [0, 0.1) is 11.3 Å². The van der Waals surface area contributed by atoms with Crippen LogP contribution in [0.4, 0.5) is 0 Å². The smallest absolute Gasteiger partial charge is 0.239 e. The van der Waals surface area contributed by atoms with Gasteiger partial charge in [-0.2, -0.15) is 10.4 Å². The summed E-state index contributed by atoms with van der Waals surface area (Å²) in [6, 6.07) is 1.64. The monoisotopic (exact) mass is 125 g/mol. The first-order valence-electron chi connectivity index (χ1n) is 2.51. The van der Waals surface area contributed by atoms with Crippen molar-refractivity contribution >= 4 is 12.1 Å².